The average Bonchev–Trinajstić information content (AvgIpc) is 2.88. The number of Topliss-reactive ketones (excluding diaryl/α,β-unsaturated/α-hetero) is 1. The predicted molar refractivity (Wildman–Crippen MR) is 82.5 cm³/mol. The number of hydrogen-bond donors (Lipinski definition) is 0. The molecule has 3 heteroatoms. The van der Waals surface area contributed by atoms with Crippen molar-refractivity contribution in [2.75, 3.05) is 0 Å². The number of rotatable bonds is 3. The zero-order chi connectivity index (χ0) is 14.1. The first-order valence-electron chi connectivity index (χ1n) is 6.67. The highest BCUT2D eigenvalue weighted by atomic mass is 35.5. The minimum absolute atomic E-state index is 0.0717. The summed E-state index contributed by atoms with van der Waals surface area (Å²) in [6.45, 7) is 0. The van der Waals surface area contributed by atoms with Crippen LogP contribution in [0.5, 0.6) is 0 Å². The number of hydrogen-bond acceptors (Lipinski definition) is 1. The van der Waals surface area contributed by atoms with Gasteiger partial charge in [-0.15, -0.1) is 0 Å². The molecule has 0 amide bonds. The second kappa shape index (κ2) is 5.59. The molecule has 0 radical (unpaired) electrons. The van der Waals surface area contributed by atoms with Crippen molar-refractivity contribution >= 4 is 29.0 Å². The second-order valence-electron chi connectivity index (χ2n) is 5.23. The molecule has 0 unspecified atom stereocenters. The SMILES string of the molecule is O=C(Cc1cccc(Cl)c1Cl)C1Cc2ccccc2C1. The zero-order valence-electron chi connectivity index (χ0n) is 10.9. The van der Waals surface area contributed by atoms with Crippen molar-refractivity contribution in [3.05, 3.63) is 69.2 Å². The van der Waals surface area contributed by atoms with Crippen LogP contribution in [0.2, 0.25) is 10.0 Å². The zero-order valence-corrected chi connectivity index (χ0v) is 12.4. The lowest BCUT2D eigenvalue weighted by atomic mass is 9.95. The molecular formula is C17H14Cl2O. The van der Waals surface area contributed by atoms with Gasteiger partial charge in [0.2, 0.25) is 0 Å². The number of carbonyl (C=O) groups is 1. The third-order valence-electron chi connectivity index (χ3n) is 3.90. The van der Waals surface area contributed by atoms with Gasteiger partial charge in [0.25, 0.3) is 0 Å². The maximum atomic E-state index is 12.4. The molecule has 0 spiro atoms. The maximum Gasteiger partial charge on any atom is 0.141 e. The molecule has 0 heterocycles. The third kappa shape index (κ3) is 2.61. The van der Waals surface area contributed by atoms with E-state index in [4.69, 9.17) is 23.2 Å². The van der Waals surface area contributed by atoms with Gasteiger partial charge in [0.15, 0.2) is 0 Å². The Balaban J connectivity index is 1.74. The monoisotopic (exact) mass is 304 g/mol. The Labute approximate surface area is 128 Å². The van der Waals surface area contributed by atoms with E-state index in [0.29, 0.717) is 16.5 Å². The van der Waals surface area contributed by atoms with Gasteiger partial charge >= 0.3 is 0 Å². The van der Waals surface area contributed by atoms with Crippen LogP contribution in [0.4, 0.5) is 0 Å². The molecule has 0 N–H and O–H groups in total. The van der Waals surface area contributed by atoms with E-state index in [1.165, 1.54) is 11.1 Å². The van der Waals surface area contributed by atoms with Crippen LogP contribution in [0, 0.1) is 5.92 Å². The van der Waals surface area contributed by atoms with Crippen LogP contribution in [0.25, 0.3) is 0 Å². The minimum Gasteiger partial charge on any atom is -0.299 e. The van der Waals surface area contributed by atoms with Crippen LogP contribution in [0.1, 0.15) is 16.7 Å². The Kier molecular flexibility index (Phi) is 3.82. The van der Waals surface area contributed by atoms with Gasteiger partial charge in [0.05, 0.1) is 10.0 Å². The molecule has 1 aliphatic carbocycles. The first kappa shape index (κ1) is 13.7. The van der Waals surface area contributed by atoms with Crippen LogP contribution >= 0.6 is 23.2 Å². The Morgan fingerprint density at radius 2 is 1.65 bits per heavy atom. The fourth-order valence-electron chi connectivity index (χ4n) is 2.80. The van der Waals surface area contributed by atoms with Gasteiger partial charge < -0.3 is 0 Å². The van der Waals surface area contributed by atoms with Crippen molar-refractivity contribution in [1.29, 1.82) is 0 Å². The number of carbonyl (C=O) groups excluding carboxylic acids is 1. The Hall–Kier alpha value is -1.31. The molecule has 0 bridgehead atoms. The minimum atomic E-state index is 0.0717. The fraction of sp³-hybridized carbons (Fsp3) is 0.235. The summed E-state index contributed by atoms with van der Waals surface area (Å²) in [5, 5.41) is 1.00. The van der Waals surface area contributed by atoms with E-state index in [1.807, 2.05) is 24.3 Å². The predicted octanol–water partition coefficient (Wildman–Crippen LogP) is 4.52. The first-order valence-corrected chi connectivity index (χ1v) is 7.43. The van der Waals surface area contributed by atoms with Crippen molar-refractivity contribution in [3.63, 3.8) is 0 Å². The molecule has 0 saturated heterocycles. The van der Waals surface area contributed by atoms with Gasteiger partial charge in [-0.05, 0) is 35.6 Å². The van der Waals surface area contributed by atoms with Crippen LogP contribution in [0.3, 0.4) is 0 Å². The molecule has 0 fully saturated rings. The molecule has 2 aromatic rings. The van der Waals surface area contributed by atoms with Gasteiger partial charge in [-0.3, -0.25) is 4.79 Å². The first-order chi connectivity index (χ1) is 9.65. The highest BCUT2D eigenvalue weighted by Gasteiger charge is 2.27. The highest BCUT2D eigenvalue weighted by Crippen LogP contribution is 2.30. The number of halogens is 2. The summed E-state index contributed by atoms with van der Waals surface area (Å²) < 4.78 is 0. The standard InChI is InChI=1S/C17H14Cl2O/c18-15-7-3-6-13(17(15)19)10-16(20)14-8-11-4-1-2-5-12(11)9-14/h1-7,14H,8-10H2. The fourth-order valence-corrected chi connectivity index (χ4v) is 3.19. The van der Waals surface area contributed by atoms with Crippen molar-refractivity contribution in [3.8, 4) is 0 Å². The molecular weight excluding hydrogens is 291 g/mol. The molecule has 0 aliphatic heterocycles. The Morgan fingerprint density at radius 3 is 2.30 bits per heavy atom. The molecule has 1 aliphatic rings. The second-order valence-corrected chi connectivity index (χ2v) is 6.02. The smallest absolute Gasteiger partial charge is 0.141 e. The van der Waals surface area contributed by atoms with Crippen molar-refractivity contribution in [2.24, 2.45) is 5.92 Å². The number of fused-ring (bicyclic) bond motifs is 1. The summed E-state index contributed by atoms with van der Waals surface area (Å²) in [5.41, 5.74) is 3.41. The van der Waals surface area contributed by atoms with Crippen LogP contribution in [0.15, 0.2) is 42.5 Å². The van der Waals surface area contributed by atoms with Gasteiger partial charge in [-0.1, -0.05) is 59.6 Å². The van der Waals surface area contributed by atoms with Crippen molar-refractivity contribution < 1.29 is 4.79 Å². The van der Waals surface area contributed by atoms with E-state index >= 15 is 0 Å². The van der Waals surface area contributed by atoms with Gasteiger partial charge in [-0.2, -0.15) is 0 Å². The summed E-state index contributed by atoms with van der Waals surface area (Å²) in [6, 6.07) is 13.7. The molecule has 3 rings (SSSR count). The average molecular weight is 305 g/mol. The van der Waals surface area contributed by atoms with Crippen LogP contribution in [-0.4, -0.2) is 5.78 Å². The molecule has 102 valence electrons. The molecule has 0 saturated carbocycles. The summed E-state index contributed by atoms with van der Waals surface area (Å²) in [4.78, 5) is 12.4. The van der Waals surface area contributed by atoms with Crippen LogP contribution in [-0.2, 0) is 24.1 Å². The largest absolute Gasteiger partial charge is 0.299 e. The topological polar surface area (TPSA) is 17.1 Å². The molecule has 1 nitrogen and oxygen atoms in total. The van der Waals surface area contributed by atoms with E-state index in [9.17, 15) is 4.79 Å². The normalized spacial score (nSPS) is 14.3. The lowest BCUT2D eigenvalue weighted by Gasteiger charge is -2.09. The highest BCUT2D eigenvalue weighted by molar-refractivity contribution is 6.42. The molecule has 0 atom stereocenters. The Bertz CT molecular complexity index is 639. The summed E-state index contributed by atoms with van der Waals surface area (Å²) in [5.74, 6) is 0.313. The molecule has 2 aromatic carbocycles. The van der Waals surface area contributed by atoms with E-state index in [1.54, 1.807) is 6.07 Å². The maximum absolute atomic E-state index is 12.4. The van der Waals surface area contributed by atoms with E-state index in [-0.39, 0.29) is 11.7 Å². The molecule has 0 aromatic heterocycles. The lowest BCUT2D eigenvalue weighted by molar-refractivity contribution is -0.121. The van der Waals surface area contributed by atoms with Gasteiger partial charge in [0, 0.05) is 12.3 Å². The van der Waals surface area contributed by atoms with E-state index in [0.717, 1.165) is 18.4 Å². The van der Waals surface area contributed by atoms with Gasteiger partial charge in [0.1, 0.15) is 5.78 Å². The van der Waals surface area contributed by atoms with E-state index < -0.39 is 0 Å². The van der Waals surface area contributed by atoms with Crippen molar-refractivity contribution in [1.82, 2.24) is 0 Å². The Morgan fingerprint density at radius 1 is 1.00 bits per heavy atom. The summed E-state index contributed by atoms with van der Waals surface area (Å²) >= 11 is 12.1. The third-order valence-corrected chi connectivity index (χ3v) is 4.76. The number of benzene rings is 2. The molecule has 20 heavy (non-hydrogen) atoms. The quantitative estimate of drug-likeness (QED) is 0.815. The summed E-state index contributed by atoms with van der Waals surface area (Å²) in [6.07, 6.45) is 2.04. The van der Waals surface area contributed by atoms with Gasteiger partial charge in [-0.25, -0.2) is 0 Å². The van der Waals surface area contributed by atoms with Crippen molar-refractivity contribution in [2.45, 2.75) is 19.3 Å². The van der Waals surface area contributed by atoms with Crippen LogP contribution < -0.4 is 0 Å². The number of ketones is 1. The lowest BCUT2D eigenvalue weighted by Crippen LogP contribution is -2.17. The summed E-state index contributed by atoms with van der Waals surface area (Å²) in [7, 11) is 0. The van der Waals surface area contributed by atoms with E-state index in [2.05, 4.69) is 12.1 Å².